The van der Waals surface area contributed by atoms with Crippen LogP contribution in [0, 0.1) is 17.2 Å². The van der Waals surface area contributed by atoms with Crippen LogP contribution in [0.5, 0.6) is 0 Å². The molecule has 10 heteroatoms. The second-order valence-corrected chi connectivity index (χ2v) is 9.10. The Morgan fingerprint density at radius 2 is 1.90 bits per heavy atom. The Bertz CT molecular complexity index is 790. The van der Waals surface area contributed by atoms with Gasteiger partial charge in [-0.25, -0.2) is 8.78 Å². The van der Waals surface area contributed by atoms with Gasteiger partial charge in [-0.3, -0.25) is 14.5 Å². The number of alkyl halides is 2. The average molecular weight is 422 g/mol. The Labute approximate surface area is 174 Å². The number of halogens is 2. The molecule has 8 nitrogen and oxygen atoms in total. The molecule has 3 fully saturated rings. The average Bonchev–Trinajstić information content (AvgIpc) is 3.46. The van der Waals surface area contributed by atoms with Gasteiger partial charge in [0.15, 0.2) is 0 Å². The molecule has 0 aromatic carbocycles. The van der Waals surface area contributed by atoms with Gasteiger partial charge in [-0.1, -0.05) is 0 Å². The molecule has 0 aromatic heterocycles. The minimum Gasteiger partial charge on any atom is -0.366 e. The van der Waals surface area contributed by atoms with Crippen LogP contribution in [-0.4, -0.2) is 70.5 Å². The molecule has 3 N–H and O–H groups in total. The normalized spacial score (nSPS) is 34.1. The maximum Gasteiger partial charge on any atom is 0.272 e. The Morgan fingerprint density at radius 1 is 1.27 bits per heavy atom. The molecule has 2 heterocycles. The summed E-state index contributed by atoms with van der Waals surface area (Å²) in [5.74, 6) is -3.32. The van der Waals surface area contributed by atoms with Crippen LogP contribution in [0.1, 0.15) is 44.9 Å². The van der Waals surface area contributed by atoms with Gasteiger partial charge in [0.25, 0.3) is 5.92 Å². The monoisotopic (exact) mass is 422 g/mol. The number of hydrazine groups is 1. The molecule has 0 aromatic rings. The van der Waals surface area contributed by atoms with Crippen molar-refractivity contribution in [1.29, 1.82) is 5.26 Å². The van der Waals surface area contributed by atoms with Crippen molar-refractivity contribution in [2.75, 3.05) is 20.1 Å². The second-order valence-electron chi connectivity index (χ2n) is 9.10. The SMILES string of the molecule is CN1C(NC(=O)C2CC2)C(C(N)=O)=CN1C1(CC#N)CCC(N2CC(F)(F)C2)CC1. The minimum atomic E-state index is -2.59. The summed E-state index contributed by atoms with van der Waals surface area (Å²) in [7, 11) is 1.77. The van der Waals surface area contributed by atoms with Crippen molar-refractivity contribution in [3.8, 4) is 6.07 Å². The molecule has 30 heavy (non-hydrogen) atoms. The number of nitrogens with two attached hydrogens (primary N) is 1. The number of amides is 2. The summed E-state index contributed by atoms with van der Waals surface area (Å²) in [4.78, 5) is 26.2. The topological polar surface area (TPSA) is 106 Å². The van der Waals surface area contributed by atoms with Gasteiger partial charge in [0.05, 0.1) is 36.7 Å². The van der Waals surface area contributed by atoms with E-state index < -0.39 is 23.5 Å². The minimum absolute atomic E-state index is 0.0141. The van der Waals surface area contributed by atoms with Gasteiger partial charge < -0.3 is 16.1 Å². The summed E-state index contributed by atoms with van der Waals surface area (Å²) >= 11 is 0. The standard InChI is InChI=1S/C20H28F2N6O2/c1-26-17(25-18(30)13-2-3-13)15(16(24)29)10-28(26)19(8-9-23)6-4-14(5-7-19)27-11-20(21,22)12-27/h10,13-14,17H,2-8,11-12H2,1H3,(H2,24,29)(H,25,30). The summed E-state index contributed by atoms with van der Waals surface area (Å²) in [6.45, 7) is -0.402. The number of carbonyl (C=O) groups excluding carboxylic acids is 2. The zero-order valence-electron chi connectivity index (χ0n) is 17.1. The fourth-order valence-corrected chi connectivity index (χ4v) is 5.00. The molecule has 2 aliphatic heterocycles. The molecule has 2 saturated carbocycles. The van der Waals surface area contributed by atoms with E-state index in [2.05, 4.69) is 11.4 Å². The van der Waals surface area contributed by atoms with E-state index in [0.717, 1.165) is 12.8 Å². The lowest BCUT2D eigenvalue weighted by molar-refractivity contribution is -0.158. The van der Waals surface area contributed by atoms with E-state index in [-0.39, 0.29) is 43.0 Å². The van der Waals surface area contributed by atoms with Gasteiger partial charge in [0, 0.05) is 25.2 Å². The number of likely N-dealkylation sites (tertiary alicyclic amines) is 1. The van der Waals surface area contributed by atoms with Crippen molar-refractivity contribution >= 4 is 11.8 Å². The molecule has 1 saturated heterocycles. The van der Waals surface area contributed by atoms with E-state index in [1.165, 1.54) is 0 Å². The van der Waals surface area contributed by atoms with Gasteiger partial charge in [-0.2, -0.15) is 10.3 Å². The molecule has 4 rings (SSSR count). The molecule has 164 valence electrons. The first kappa shape index (κ1) is 21.0. The van der Waals surface area contributed by atoms with Crippen LogP contribution in [0.3, 0.4) is 0 Å². The summed E-state index contributed by atoms with van der Waals surface area (Å²) in [5.41, 5.74) is 5.31. The lowest BCUT2D eigenvalue weighted by atomic mass is 9.76. The third kappa shape index (κ3) is 3.76. The number of nitriles is 1. The van der Waals surface area contributed by atoms with Crippen molar-refractivity contribution in [2.24, 2.45) is 11.7 Å². The number of carbonyl (C=O) groups is 2. The number of nitrogens with one attached hydrogen (secondary N) is 1. The maximum atomic E-state index is 13.3. The molecular formula is C20H28F2N6O2. The van der Waals surface area contributed by atoms with Gasteiger partial charge in [-0.15, -0.1) is 0 Å². The van der Waals surface area contributed by atoms with Crippen LogP contribution in [-0.2, 0) is 9.59 Å². The van der Waals surface area contributed by atoms with Crippen LogP contribution in [0.25, 0.3) is 0 Å². The maximum absolute atomic E-state index is 13.3. The fourth-order valence-electron chi connectivity index (χ4n) is 5.00. The largest absolute Gasteiger partial charge is 0.366 e. The molecular weight excluding hydrogens is 394 g/mol. The van der Waals surface area contributed by atoms with Gasteiger partial charge >= 0.3 is 0 Å². The quantitative estimate of drug-likeness (QED) is 0.659. The van der Waals surface area contributed by atoms with Gasteiger partial charge in [0.1, 0.15) is 6.17 Å². The molecule has 1 unspecified atom stereocenters. The highest BCUT2D eigenvalue weighted by Gasteiger charge is 2.51. The highest BCUT2D eigenvalue weighted by atomic mass is 19.3. The number of rotatable bonds is 6. The van der Waals surface area contributed by atoms with E-state index in [1.807, 2.05) is 9.91 Å². The lowest BCUT2D eigenvalue weighted by Crippen LogP contribution is -2.63. The van der Waals surface area contributed by atoms with Crippen molar-refractivity contribution in [1.82, 2.24) is 20.2 Å². The number of likely N-dealkylation sites (N-methyl/N-ethyl adjacent to an activating group) is 1. The summed E-state index contributed by atoms with van der Waals surface area (Å²) in [6, 6.07) is 2.33. The van der Waals surface area contributed by atoms with Gasteiger partial charge in [0.2, 0.25) is 11.8 Å². The molecule has 2 aliphatic carbocycles. The zero-order valence-corrected chi connectivity index (χ0v) is 17.1. The first-order valence-corrected chi connectivity index (χ1v) is 10.5. The third-order valence-corrected chi connectivity index (χ3v) is 6.95. The van der Waals surface area contributed by atoms with Crippen molar-refractivity contribution in [3.63, 3.8) is 0 Å². The van der Waals surface area contributed by atoms with Crippen molar-refractivity contribution in [3.05, 3.63) is 11.8 Å². The van der Waals surface area contributed by atoms with E-state index in [4.69, 9.17) is 5.73 Å². The van der Waals surface area contributed by atoms with Gasteiger partial charge in [-0.05, 0) is 38.5 Å². The van der Waals surface area contributed by atoms with Crippen molar-refractivity contribution < 1.29 is 18.4 Å². The molecule has 0 bridgehead atoms. The Balaban J connectivity index is 1.50. The Morgan fingerprint density at radius 3 is 2.40 bits per heavy atom. The van der Waals surface area contributed by atoms with Crippen LogP contribution >= 0.6 is 0 Å². The number of primary amides is 1. The van der Waals surface area contributed by atoms with E-state index in [1.54, 1.807) is 18.3 Å². The first-order chi connectivity index (χ1) is 14.2. The molecule has 0 radical (unpaired) electrons. The highest BCUT2D eigenvalue weighted by molar-refractivity contribution is 5.94. The predicted molar refractivity (Wildman–Crippen MR) is 103 cm³/mol. The Kier molecular flexibility index (Phi) is 5.22. The summed E-state index contributed by atoms with van der Waals surface area (Å²) < 4.78 is 26.5. The predicted octanol–water partition coefficient (Wildman–Crippen LogP) is 0.916. The van der Waals surface area contributed by atoms with Crippen molar-refractivity contribution in [2.45, 2.75) is 68.6 Å². The second kappa shape index (κ2) is 7.46. The molecule has 1 atom stereocenters. The van der Waals surface area contributed by atoms with E-state index >= 15 is 0 Å². The van der Waals surface area contributed by atoms with Crippen LogP contribution in [0.15, 0.2) is 11.8 Å². The highest BCUT2D eigenvalue weighted by Crippen LogP contribution is 2.43. The summed E-state index contributed by atoms with van der Waals surface area (Å²) in [6.07, 6.45) is 5.54. The van der Waals surface area contributed by atoms with Crippen LogP contribution < -0.4 is 11.1 Å². The van der Waals surface area contributed by atoms with E-state index in [9.17, 15) is 23.6 Å². The Hall–Kier alpha value is -2.25. The molecule has 4 aliphatic rings. The number of hydrogen-bond donors (Lipinski definition) is 2. The lowest BCUT2D eigenvalue weighted by Gasteiger charge is -2.52. The smallest absolute Gasteiger partial charge is 0.272 e. The number of nitrogens with zero attached hydrogens (tertiary/aromatic N) is 4. The fraction of sp³-hybridized carbons (Fsp3) is 0.750. The molecule has 0 spiro atoms. The number of hydrogen-bond acceptors (Lipinski definition) is 6. The molecule has 2 amide bonds. The zero-order chi connectivity index (χ0) is 21.7. The summed E-state index contributed by atoms with van der Waals surface area (Å²) in [5, 5.41) is 16.1. The first-order valence-electron chi connectivity index (χ1n) is 10.5. The van der Waals surface area contributed by atoms with E-state index in [0.29, 0.717) is 25.7 Å². The van der Waals surface area contributed by atoms with Crippen LogP contribution in [0.4, 0.5) is 8.78 Å². The third-order valence-electron chi connectivity index (χ3n) is 6.95. The van der Waals surface area contributed by atoms with Crippen LogP contribution in [0.2, 0.25) is 0 Å².